The summed E-state index contributed by atoms with van der Waals surface area (Å²) < 4.78 is 5.26. The van der Waals surface area contributed by atoms with Crippen molar-refractivity contribution in [1.29, 1.82) is 0 Å². The van der Waals surface area contributed by atoms with Crippen LogP contribution in [-0.2, 0) is 13.1 Å². The number of aliphatic hydroxyl groups excluding tert-OH is 1. The minimum atomic E-state index is -0.551. The van der Waals surface area contributed by atoms with Crippen molar-refractivity contribution in [2.45, 2.75) is 33.0 Å². The lowest BCUT2D eigenvalue weighted by Crippen LogP contribution is -2.26. The Morgan fingerprint density at radius 2 is 1.71 bits per heavy atom. The molecule has 0 spiro atoms. The van der Waals surface area contributed by atoms with Gasteiger partial charge in [0, 0.05) is 37.5 Å². The summed E-state index contributed by atoms with van der Waals surface area (Å²) in [7, 11) is 3.33. The van der Waals surface area contributed by atoms with Gasteiger partial charge in [-0.2, -0.15) is 0 Å². The van der Waals surface area contributed by atoms with Gasteiger partial charge in [0.25, 0.3) is 5.91 Å². The lowest BCUT2D eigenvalue weighted by atomic mass is 10.1. The molecule has 6 nitrogen and oxygen atoms in total. The Bertz CT molecular complexity index is 989. The normalized spacial score (nSPS) is 10.6. The molecule has 1 heterocycles. The van der Waals surface area contributed by atoms with Crippen molar-refractivity contribution in [1.82, 2.24) is 15.2 Å². The monoisotopic (exact) mass is 461 g/mol. The number of nitrogens with zero attached hydrogens (tertiary/aromatic N) is 2. The maximum absolute atomic E-state index is 12.7. The van der Waals surface area contributed by atoms with Gasteiger partial charge in [-0.15, -0.1) is 12.8 Å². The van der Waals surface area contributed by atoms with Crippen molar-refractivity contribution in [2.24, 2.45) is 0 Å². The van der Waals surface area contributed by atoms with E-state index in [9.17, 15) is 9.90 Å². The molecule has 0 saturated carbocycles. The zero-order valence-electron chi connectivity index (χ0n) is 20.4. The summed E-state index contributed by atoms with van der Waals surface area (Å²) in [4.78, 5) is 18.5. The van der Waals surface area contributed by atoms with E-state index in [1.54, 1.807) is 25.3 Å². The van der Waals surface area contributed by atoms with Crippen LogP contribution in [0.5, 0.6) is 5.88 Å². The Kier molecular flexibility index (Phi) is 13.4. The van der Waals surface area contributed by atoms with E-state index in [1.165, 1.54) is 0 Å². The molecule has 6 heteroatoms. The number of amides is 1. The first-order valence-electron chi connectivity index (χ1n) is 11.2. The van der Waals surface area contributed by atoms with Crippen LogP contribution in [-0.4, -0.2) is 41.6 Å². The van der Waals surface area contributed by atoms with Crippen LogP contribution in [0, 0.1) is 12.8 Å². The molecule has 0 unspecified atom stereocenters. The molecule has 0 aliphatic heterocycles. The first-order chi connectivity index (χ1) is 16.6. The van der Waals surface area contributed by atoms with Gasteiger partial charge in [0.1, 0.15) is 0 Å². The van der Waals surface area contributed by atoms with Crippen LogP contribution in [0.15, 0.2) is 72.9 Å². The number of aromatic nitrogens is 1. The Hall–Kier alpha value is -3.66. The van der Waals surface area contributed by atoms with Crippen molar-refractivity contribution >= 4 is 5.91 Å². The van der Waals surface area contributed by atoms with Gasteiger partial charge < -0.3 is 20.1 Å². The SMILES string of the molecule is C#C.CC.COc1ncccc1CN(C)C(=O)c1ccc(CNC[C@H](O)c2ccccc2)cc1. The Morgan fingerprint density at radius 3 is 2.32 bits per heavy atom. The predicted octanol–water partition coefficient (Wildman–Crippen LogP) is 4.46. The molecule has 0 bridgehead atoms. The largest absolute Gasteiger partial charge is 0.481 e. The number of carbonyl (C=O) groups is 1. The van der Waals surface area contributed by atoms with Crippen molar-refractivity contribution < 1.29 is 14.6 Å². The van der Waals surface area contributed by atoms with Gasteiger partial charge in [-0.3, -0.25) is 4.79 Å². The molecule has 3 rings (SSSR count). The van der Waals surface area contributed by atoms with Gasteiger partial charge in [0.2, 0.25) is 5.88 Å². The number of methoxy groups -OCH3 is 1. The molecule has 34 heavy (non-hydrogen) atoms. The van der Waals surface area contributed by atoms with E-state index < -0.39 is 6.10 Å². The molecule has 2 N–H and O–H groups in total. The average Bonchev–Trinajstić information content (AvgIpc) is 2.91. The van der Waals surface area contributed by atoms with E-state index in [1.807, 2.05) is 80.6 Å². The van der Waals surface area contributed by atoms with Gasteiger partial charge in [-0.05, 0) is 29.3 Å². The zero-order valence-corrected chi connectivity index (χ0v) is 20.4. The predicted molar refractivity (Wildman–Crippen MR) is 137 cm³/mol. The fourth-order valence-electron chi connectivity index (χ4n) is 3.19. The van der Waals surface area contributed by atoms with Gasteiger partial charge in [0.15, 0.2) is 0 Å². The van der Waals surface area contributed by atoms with Crippen molar-refractivity contribution in [2.75, 3.05) is 20.7 Å². The molecule has 1 atom stereocenters. The van der Waals surface area contributed by atoms with Gasteiger partial charge in [-0.25, -0.2) is 4.98 Å². The van der Waals surface area contributed by atoms with E-state index in [0.29, 0.717) is 31.1 Å². The molecular weight excluding hydrogens is 426 g/mol. The average molecular weight is 462 g/mol. The van der Waals surface area contributed by atoms with Gasteiger partial charge in [-0.1, -0.05) is 62.4 Å². The molecule has 1 amide bonds. The number of carbonyl (C=O) groups excluding carboxylic acids is 1. The number of nitrogens with one attached hydrogen (secondary N) is 1. The van der Waals surface area contributed by atoms with Crippen LogP contribution in [0.3, 0.4) is 0 Å². The Balaban J connectivity index is 0.00000137. The number of rotatable bonds is 9. The van der Waals surface area contributed by atoms with Crippen LogP contribution in [0.1, 0.15) is 47.0 Å². The summed E-state index contributed by atoms with van der Waals surface area (Å²) in [5, 5.41) is 13.5. The standard InChI is InChI=1S/C24H27N3O3.C2H6.C2H2/c1-27(17-21-9-6-14-26-23(21)30-2)24(29)20-12-10-18(11-13-20)15-25-16-22(28)19-7-4-3-5-8-19;2*1-2/h3-14,22,25,28H,15-17H2,1-2H3;1-2H3;1-2H/t22-;;/m0../s1. The summed E-state index contributed by atoms with van der Waals surface area (Å²) in [6.07, 6.45) is 9.11. The number of hydrogen-bond acceptors (Lipinski definition) is 5. The summed E-state index contributed by atoms with van der Waals surface area (Å²) in [6.45, 7) is 5.48. The fraction of sp³-hybridized carbons (Fsp3) is 0.286. The number of ether oxygens (including phenoxy) is 1. The maximum Gasteiger partial charge on any atom is 0.253 e. The molecule has 0 radical (unpaired) electrons. The number of benzene rings is 2. The molecule has 1 aromatic heterocycles. The van der Waals surface area contributed by atoms with Gasteiger partial charge in [0.05, 0.1) is 19.8 Å². The van der Waals surface area contributed by atoms with E-state index in [4.69, 9.17) is 4.74 Å². The van der Waals surface area contributed by atoms with E-state index in [2.05, 4.69) is 23.1 Å². The first-order valence-corrected chi connectivity index (χ1v) is 11.2. The van der Waals surface area contributed by atoms with Crippen LogP contribution in [0.2, 0.25) is 0 Å². The second kappa shape index (κ2) is 16.0. The van der Waals surface area contributed by atoms with E-state index in [0.717, 1.165) is 16.7 Å². The quantitative estimate of drug-likeness (QED) is 0.460. The fourth-order valence-corrected chi connectivity index (χ4v) is 3.19. The lowest BCUT2D eigenvalue weighted by molar-refractivity contribution is 0.0784. The molecule has 2 aromatic carbocycles. The van der Waals surface area contributed by atoms with Crippen molar-refractivity contribution in [3.05, 3.63) is 95.2 Å². The number of aliphatic hydroxyl groups is 1. The minimum Gasteiger partial charge on any atom is -0.481 e. The molecule has 3 aromatic rings. The van der Waals surface area contributed by atoms with Crippen LogP contribution >= 0.6 is 0 Å². The molecular formula is C28H35N3O3. The van der Waals surface area contributed by atoms with Crippen molar-refractivity contribution in [3.63, 3.8) is 0 Å². The highest BCUT2D eigenvalue weighted by molar-refractivity contribution is 5.94. The highest BCUT2D eigenvalue weighted by Gasteiger charge is 2.14. The second-order valence-corrected chi connectivity index (χ2v) is 7.09. The molecule has 180 valence electrons. The third-order valence-electron chi connectivity index (χ3n) is 4.85. The van der Waals surface area contributed by atoms with Crippen LogP contribution in [0.4, 0.5) is 0 Å². The van der Waals surface area contributed by atoms with Crippen molar-refractivity contribution in [3.8, 4) is 18.7 Å². The summed E-state index contributed by atoms with van der Waals surface area (Å²) >= 11 is 0. The third kappa shape index (κ3) is 8.70. The maximum atomic E-state index is 12.7. The van der Waals surface area contributed by atoms with E-state index in [-0.39, 0.29) is 5.91 Å². The Morgan fingerprint density at radius 1 is 1.06 bits per heavy atom. The highest BCUT2D eigenvalue weighted by Crippen LogP contribution is 2.17. The van der Waals surface area contributed by atoms with E-state index >= 15 is 0 Å². The second-order valence-electron chi connectivity index (χ2n) is 7.09. The smallest absolute Gasteiger partial charge is 0.253 e. The van der Waals surface area contributed by atoms with Crippen LogP contribution < -0.4 is 10.1 Å². The molecule has 0 saturated heterocycles. The molecule has 0 aliphatic carbocycles. The number of hydrogen-bond donors (Lipinski definition) is 2. The summed E-state index contributed by atoms with van der Waals surface area (Å²) in [5.41, 5.74) is 3.41. The number of pyridine rings is 1. The lowest BCUT2D eigenvalue weighted by Gasteiger charge is -2.18. The third-order valence-corrected chi connectivity index (χ3v) is 4.85. The summed E-state index contributed by atoms with van der Waals surface area (Å²) in [6, 6.07) is 20.8. The summed E-state index contributed by atoms with van der Waals surface area (Å²) in [5.74, 6) is 0.455. The molecule has 0 fully saturated rings. The number of terminal acetylenes is 1. The molecule has 0 aliphatic rings. The Labute approximate surface area is 203 Å². The minimum absolute atomic E-state index is 0.0695. The zero-order chi connectivity index (χ0) is 25.3. The topological polar surface area (TPSA) is 74.7 Å². The first kappa shape index (κ1) is 28.4. The van der Waals surface area contributed by atoms with Crippen LogP contribution in [0.25, 0.3) is 0 Å². The highest BCUT2D eigenvalue weighted by atomic mass is 16.5. The van der Waals surface area contributed by atoms with Gasteiger partial charge >= 0.3 is 0 Å².